The molecule has 0 unspecified atom stereocenters. The van der Waals surface area contributed by atoms with Crippen LogP contribution >= 0.6 is 23.1 Å². The number of nitrogens with two attached hydrogens (primary N) is 1. The summed E-state index contributed by atoms with van der Waals surface area (Å²) < 4.78 is 1.65. The third kappa shape index (κ3) is 2.35. The highest BCUT2D eigenvalue weighted by Crippen LogP contribution is 2.40. The van der Waals surface area contributed by atoms with Crippen molar-refractivity contribution in [3.63, 3.8) is 0 Å². The molecule has 0 bridgehead atoms. The predicted molar refractivity (Wildman–Crippen MR) is 80.4 cm³/mol. The average molecular weight is 302 g/mol. The van der Waals surface area contributed by atoms with Crippen LogP contribution in [0.15, 0.2) is 51.7 Å². The van der Waals surface area contributed by atoms with Gasteiger partial charge in [-0.25, -0.2) is 4.98 Å². The second kappa shape index (κ2) is 5.15. The molecule has 0 fully saturated rings. The van der Waals surface area contributed by atoms with Crippen molar-refractivity contribution < 1.29 is 9.90 Å². The number of hydrogen-bond donors (Lipinski definition) is 2. The Bertz CT molecular complexity index is 784. The first-order valence-electron chi connectivity index (χ1n) is 5.79. The number of amides is 1. The lowest BCUT2D eigenvalue weighted by Gasteiger charge is -1.99. The van der Waals surface area contributed by atoms with Gasteiger partial charge in [0.05, 0.1) is 8.91 Å². The van der Waals surface area contributed by atoms with E-state index in [0.29, 0.717) is 4.70 Å². The molecule has 0 spiro atoms. The monoisotopic (exact) mass is 302 g/mol. The van der Waals surface area contributed by atoms with E-state index >= 15 is 0 Å². The number of aromatic hydroxyl groups is 1. The molecule has 4 nitrogen and oxygen atoms in total. The van der Waals surface area contributed by atoms with E-state index in [0.717, 1.165) is 14.5 Å². The normalized spacial score (nSPS) is 10.8. The van der Waals surface area contributed by atoms with Crippen LogP contribution in [0.2, 0.25) is 0 Å². The van der Waals surface area contributed by atoms with E-state index < -0.39 is 5.91 Å². The molecule has 0 saturated carbocycles. The molecule has 0 saturated heterocycles. The topological polar surface area (TPSA) is 76.2 Å². The van der Waals surface area contributed by atoms with Gasteiger partial charge in [-0.15, -0.1) is 11.3 Å². The Kier molecular flexibility index (Phi) is 3.33. The zero-order valence-electron chi connectivity index (χ0n) is 10.2. The van der Waals surface area contributed by atoms with E-state index in [1.165, 1.54) is 11.3 Å². The fraction of sp³-hybridized carbons (Fsp3) is 0. The molecule has 0 aliphatic carbocycles. The third-order valence-electron chi connectivity index (χ3n) is 2.71. The van der Waals surface area contributed by atoms with Gasteiger partial charge in [0.1, 0.15) is 0 Å². The van der Waals surface area contributed by atoms with Crippen molar-refractivity contribution in [3.8, 4) is 5.75 Å². The molecule has 3 aromatic rings. The Morgan fingerprint density at radius 1 is 1.30 bits per heavy atom. The van der Waals surface area contributed by atoms with E-state index in [2.05, 4.69) is 4.98 Å². The summed E-state index contributed by atoms with van der Waals surface area (Å²) in [5.74, 6) is -0.866. The molecule has 6 heteroatoms. The van der Waals surface area contributed by atoms with Crippen molar-refractivity contribution in [1.29, 1.82) is 0 Å². The molecule has 1 amide bonds. The highest BCUT2D eigenvalue weighted by atomic mass is 32.2. The number of pyridine rings is 1. The van der Waals surface area contributed by atoms with Gasteiger partial charge < -0.3 is 10.8 Å². The lowest BCUT2D eigenvalue weighted by atomic mass is 10.2. The smallest absolute Gasteiger partial charge is 0.271 e. The Morgan fingerprint density at radius 2 is 2.05 bits per heavy atom. The van der Waals surface area contributed by atoms with Gasteiger partial charge >= 0.3 is 0 Å². The number of hydrogen-bond acceptors (Lipinski definition) is 5. The SMILES string of the molecule is NC(=O)c1ncc2cc(Sc3ccccc3)sc2c1O. The number of aromatic nitrogens is 1. The molecule has 0 aliphatic heterocycles. The second-order valence-corrected chi connectivity index (χ2v) is 6.51. The molecule has 3 N–H and O–H groups in total. The minimum absolute atomic E-state index is 0.0874. The molecule has 2 aromatic heterocycles. The molecule has 3 rings (SSSR count). The minimum Gasteiger partial charge on any atom is -0.504 e. The van der Waals surface area contributed by atoms with Crippen LogP contribution < -0.4 is 5.73 Å². The third-order valence-corrected chi connectivity index (χ3v) is 4.98. The fourth-order valence-corrected chi connectivity index (χ4v) is 4.03. The van der Waals surface area contributed by atoms with Crippen molar-refractivity contribution in [2.24, 2.45) is 5.73 Å². The molecule has 0 atom stereocenters. The quantitative estimate of drug-likeness (QED) is 0.778. The van der Waals surface area contributed by atoms with Crippen molar-refractivity contribution in [3.05, 3.63) is 48.3 Å². The van der Waals surface area contributed by atoms with E-state index in [4.69, 9.17) is 5.73 Å². The molecule has 0 aliphatic rings. The number of fused-ring (bicyclic) bond motifs is 1. The van der Waals surface area contributed by atoms with Crippen molar-refractivity contribution in [2.45, 2.75) is 9.10 Å². The molecular formula is C14H10N2O2S2. The Hall–Kier alpha value is -2.05. The van der Waals surface area contributed by atoms with E-state index in [1.54, 1.807) is 18.0 Å². The Labute approximate surface area is 123 Å². The lowest BCUT2D eigenvalue weighted by Crippen LogP contribution is -2.12. The first-order valence-corrected chi connectivity index (χ1v) is 7.42. The first kappa shape index (κ1) is 13.0. The second-order valence-electron chi connectivity index (χ2n) is 4.08. The zero-order valence-corrected chi connectivity index (χ0v) is 11.9. The van der Waals surface area contributed by atoms with Crippen molar-refractivity contribution in [1.82, 2.24) is 4.98 Å². The van der Waals surface area contributed by atoms with Gasteiger partial charge in [-0.05, 0) is 18.2 Å². The summed E-state index contributed by atoms with van der Waals surface area (Å²) in [5, 5.41) is 10.8. The number of carbonyl (C=O) groups is 1. The first-order chi connectivity index (χ1) is 9.65. The van der Waals surface area contributed by atoms with Crippen LogP contribution in [0.25, 0.3) is 10.1 Å². The van der Waals surface area contributed by atoms with Gasteiger partial charge in [-0.2, -0.15) is 0 Å². The van der Waals surface area contributed by atoms with Crippen LogP contribution in [0.3, 0.4) is 0 Å². The number of carbonyl (C=O) groups excluding carboxylic acids is 1. The number of benzene rings is 1. The van der Waals surface area contributed by atoms with Gasteiger partial charge in [0.2, 0.25) is 0 Å². The molecule has 100 valence electrons. The highest BCUT2D eigenvalue weighted by molar-refractivity contribution is 8.01. The predicted octanol–water partition coefficient (Wildman–Crippen LogP) is 3.25. The minimum atomic E-state index is -0.727. The summed E-state index contributed by atoms with van der Waals surface area (Å²) in [5.41, 5.74) is 5.09. The summed E-state index contributed by atoms with van der Waals surface area (Å²) in [6.45, 7) is 0. The summed E-state index contributed by atoms with van der Waals surface area (Å²) in [4.78, 5) is 16.2. The summed E-state index contributed by atoms with van der Waals surface area (Å²) in [6, 6.07) is 11.9. The largest absolute Gasteiger partial charge is 0.504 e. The van der Waals surface area contributed by atoms with Gasteiger partial charge in [0, 0.05) is 16.5 Å². The van der Waals surface area contributed by atoms with Gasteiger partial charge in [-0.3, -0.25) is 4.79 Å². The van der Waals surface area contributed by atoms with Gasteiger partial charge in [0.25, 0.3) is 5.91 Å². The zero-order chi connectivity index (χ0) is 14.1. The van der Waals surface area contributed by atoms with E-state index in [-0.39, 0.29) is 11.4 Å². The summed E-state index contributed by atoms with van der Waals surface area (Å²) in [7, 11) is 0. The average Bonchev–Trinajstić information content (AvgIpc) is 2.83. The maximum atomic E-state index is 11.2. The lowest BCUT2D eigenvalue weighted by molar-refractivity contribution is 0.0993. The Balaban J connectivity index is 2.03. The van der Waals surface area contributed by atoms with E-state index in [1.807, 2.05) is 36.4 Å². The Morgan fingerprint density at radius 3 is 2.75 bits per heavy atom. The van der Waals surface area contributed by atoms with Gasteiger partial charge in [-0.1, -0.05) is 30.0 Å². The number of nitrogens with zero attached hydrogens (tertiary/aromatic N) is 1. The number of primary amides is 1. The standard InChI is InChI=1S/C14H10N2O2S2/c15-14(18)11-12(17)13-8(7-16-11)6-10(20-13)19-9-4-2-1-3-5-9/h1-7,17H,(H2,15,18). The molecular weight excluding hydrogens is 292 g/mol. The molecule has 1 aromatic carbocycles. The van der Waals surface area contributed by atoms with Crippen molar-refractivity contribution >= 4 is 39.1 Å². The van der Waals surface area contributed by atoms with Crippen LogP contribution in [-0.4, -0.2) is 16.0 Å². The maximum absolute atomic E-state index is 11.2. The molecule has 2 heterocycles. The number of rotatable bonds is 3. The van der Waals surface area contributed by atoms with Crippen LogP contribution in [0.1, 0.15) is 10.5 Å². The van der Waals surface area contributed by atoms with E-state index in [9.17, 15) is 9.90 Å². The maximum Gasteiger partial charge on any atom is 0.271 e. The highest BCUT2D eigenvalue weighted by Gasteiger charge is 2.15. The molecule has 0 radical (unpaired) electrons. The fourth-order valence-electron chi connectivity index (χ4n) is 1.80. The van der Waals surface area contributed by atoms with Crippen LogP contribution in [0.5, 0.6) is 5.75 Å². The molecule has 20 heavy (non-hydrogen) atoms. The summed E-state index contributed by atoms with van der Waals surface area (Å²) >= 11 is 3.02. The summed E-state index contributed by atoms with van der Waals surface area (Å²) in [6.07, 6.45) is 1.56. The van der Waals surface area contributed by atoms with Crippen LogP contribution in [0, 0.1) is 0 Å². The van der Waals surface area contributed by atoms with Crippen LogP contribution in [-0.2, 0) is 0 Å². The number of thiophene rings is 1. The van der Waals surface area contributed by atoms with Crippen LogP contribution in [0.4, 0.5) is 0 Å². The van der Waals surface area contributed by atoms with Crippen molar-refractivity contribution in [2.75, 3.05) is 0 Å². The van der Waals surface area contributed by atoms with Gasteiger partial charge in [0.15, 0.2) is 11.4 Å².